The number of rotatable bonds is 63. The van der Waals surface area contributed by atoms with Crippen LogP contribution in [0.25, 0.3) is 0 Å². The number of carbonyl (C=O) groups is 3. The van der Waals surface area contributed by atoms with Crippen LogP contribution < -0.4 is 5.11 Å². The van der Waals surface area contributed by atoms with Crippen molar-refractivity contribution in [1.29, 1.82) is 0 Å². The normalized spacial score (nSPS) is 13.2. The van der Waals surface area contributed by atoms with E-state index in [4.69, 9.17) is 18.9 Å². The van der Waals surface area contributed by atoms with Crippen LogP contribution in [0.1, 0.15) is 303 Å². The molecule has 0 aliphatic rings. The van der Waals surface area contributed by atoms with Gasteiger partial charge in [-0.1, -0.05) is 285 Å². The van der Waals surface area contributed by atoms with E-state index in [-0.39, 0.29) is 38.6 Å². The summed E-state index contributed by atoms with van der Waals surface area (Å²) < 4.78 is 22.8. The van der Waals surface area contributed by atoms with Gasteiger partial charge >= 0.3 is 11.9 Å². The summed E-state index contributed by atoms with van der Waals surface area (Å²) in [7, 11) is 5.93. The molecule has 9 heteroatoms. The lowest BCUT2D eigenvalue weighted by molar-refractivity contribution is -0.870. The van der Waals surface area contributed by atoms with E-state index in [0.29, 0.717) is 17.4 Å². The molecule has 0 saturated carbocycles. The number of carboxylic acids is 1. The minimum absolute atomic E-state index is 0.146. The Labute approximate surface area is 506 Å². The topological polar surface area (TPSA) is 111 Å². The van der Waals surface area contributed by atoms with E-state index in [1.165, 1.54) is 186 Å². The summed E-state index contributed by atoms with van der Waals surface area (Å²) in [4.78, 5) is 37.4. The van der Waals surface area contributed by atoms with Crippen molar-refractivity contribution in [3.05, 3.63) is 85.1 Å². The third-order valence-corrected chi connectivity index (χ3v) is 14.9. The zero-order valence-corrected chi connectivity index (χ0v) is 54.1. The predicted octanol–water partition coefficient (Wildman–Crippen LogP) is 19.7. The summed E-state index contributed by atoms with van der Waals surface area (Å²) in [6, 6.07) is 0. The second kappa shape index (κ2) is 63.5. The molecule has 9 nitrogen and oxygen atoms in total. The van der Waals surface area contributed by atoms with E-state index in [0.717, 1.165) is 83.5 Å². The Kier molecular flexibility index (Phi) is 60.8. The van der Waals surface area contributed by atoms with E-state index >= 15 is 0 Å². The fourth-order valence-electron chi connectivity index (χ4n) is 9.66. The van der Waals surface area contributed by atoms with Gasteiger partial charge in [-0.15, -0.1) is 0 Å². The molecule has 0 radical (unpaired) electrons. The van der Waals surface area contributed by atoms with Crippen LogP contribution in [0.3, 0.4) is 0 Å². The monoisotopic (exact) mass is 1150 g/mol. The summed E-state index contributed by atoms with van der Waals surface area (Å²) in [5.41, 5.74) is 0. The molecule has 0 rings (SSSR count). The molecule has 0 amide bonds. The first-order valence-electron chi connectivity index (χ1n) is 34.2. The van der Waals surface area contributed by atoms with Gasteiger partial charge in [-0.2, -0.15) is 0 Å². The SMILES string of the molecule is CC/C=C\C/C=C\C/C=C\C/C=C\C/C=C\CCCCCCCCCCCCCCCCCCCCCCCCCC(=O)OC(COC(=O)CCCCCCCCC/C=C\C/C=C\CCCCCC)COC(OCC[N+](C)(C)C)C(=O)[O-]. The molecule has 0 fully saturated rings. The van der Waals surface area contributed by atoms with Crippen molar-refractivity contribution >= 4 is 17.9 Å². The van der Waals surface area contributed by atoms with Crippen LogP contribution in [-0.2, 0) is 33.3 Å². The van der Waals surface area contributed by atoms with Gasteiger partial charge in [-0.3, -0.25) is 9.59 Å². The van der Waals surface area contributed by atoms with Crippen LogP contribution in [0.4, 0.5) is 0 Å². The average molecular weight is 1150 g/mol. The number of quaternary nitrogens is 1. The fourth-order valence-corrected chi connectivity index (χ4v) is 9.66. The zero-order chi connectivity index (χ0) is 59.8. The van der Waals surface area contributed by atoms with Crippen LogP contribution in [0, 0.1) is 0 Å². The molecule has 0 aromatic carbocycles. The number of hydrogen-bond acceptors (Lipinski definition) is 8. The molecule has 0 saturated heterocycles. The standard InChI is InChI=1S/C73H129NO8/c1-6-8-10-12-14-16-18-20-22-24-26-27-28-29-30-31-32-33-34-35-36-37-38-39-40-41-42-43-44-45-46-48-50-52-54-56-58-60-62-64-71(76)82-69(68-81-73(72(77)78)79-66-65-74(3,4)5)67-80-70(75)63-61-59-57-55-53-51-49-47-25-23-21-19-17-15-13-11-9-7-2/h8,10,14,16-17,19-20,22-23,25-27,29-30,69,73H,6-7,9,11-13,15,18,21,24,28,31-68H2,1-5H3/b10-8-,16-14-,19-17-,22-20-,25-23-,27-26-,30-29-. The summed E-state index contributed by atoms with van der Waals surface area (Å²) in [5, 5.41) is 11.8. The Bertz CT molecular complexity index is 1620. The Morgan fingerprint density at radius 2 is 0.695 bits per heavy atom. The molecule has 0 aromatic rings. The second-order valence-electron chi connectivity index (χ2n) is 24.1. The molecule has 0 spiro atoms. The number of ether oxygens (including phenoxy) is 4. The molecule has 2 unspecified atom stereocenters. The number of esters is 2. The van der Waals surface area contributed by atoms with E-state index in [9.17, 15) is 19.5 Å². The van der Waals surface area contributed by atoms with Gasteiger partial charge < -0.3 is 33.3 Å². The maximum Gasteiger partial charge on any atom is 0.306 e. The molecule has 0 heterocycles. The molecule has 2 atom stereocenters. The van der Waals surface area contributed by atoms with E-state index in [1.54, 1.807) is 0 Å². The van der Waals surface area contributed by atoms with Gasteiger partial charge in [0.05, 0.1) is 40.3 Å². The molecular formula is C73H129NO8. The molecule has 0 aliphatic carbocycles. The highest BCUT2D eigenvalue weighted by Crippen LogP contribution is 2.18. The van der Waals surface area contributed by atoms with Crippen molar-refractivity contribution in [3.63, 3.8) is 0 Å². The van der Waals surface area contributed by atoms with Crippen molar-refractivity contribution in [1.82, 2.24) is 0 Å². The third-order valence-electron chi connectivity index (χ3n) is 14.9. The number of nitrogens with zero attached hydrogens (tertiary/aromatic N) is 1. The van der Waals surface area contributed by atoms with Crippen molar-refractivity contribution in [2.45, 2.75) is 315 Å². The lowest BCUT2D eigenvalue weighted by atomic mass is 10.0. The third kappa shape index (κ3) is 64.0. The summed E-state index contributed by atoms with van der Waals surface area (Å²) in [5.74, 6) is -2.28. The minimum Gasteiger partial charge on any atom is -0.545 e. The Balaban J connectivity index is 4.01. The first kappa shape index (κ1) is 78.5. The highest BCUT2D eigenvalue weighted by Gasteiger charge is 2.22. The Morgan fingerprint density at radius 1 is 0.378 bits per heavy atom. The van der Waals surface area contributed by atoms with Gasteiger partial charge in [0.15, 0.2) is 12.4 Å². The number of allylic oxidation sites excluding steroid dienone is 14. The lowest BCUT2D eigenvalue weighted by Gasteiger charge is -2.26. The largest absolute Gasteiger partial charge is 0.545 e. The van der Waals surface area contributed by atoms with Crippen LogP contribution in [0.15, 0.2) is 85.1 Å². The first-order valence-corrected chi connectivity index (χ1v) is 34.2. The smallest absolute Gasteiger partial charge is 0.306 e. The Hall–Kier alpha value is -3.53. The summed E-state index contributed by atoms with van der Waals surface area (Å²) in [6.45, 7) is 4.64. The zero-order valence-electron chi connectivity index (χ0n) is 54.1. The molecule has 0 bridgehead atoms. The summed E-state index contributed by atoms with van der Waals surface area (Å²) in [6.07, 6.45) is 82.4. The van der Waals surface area contributed by atoms with Crippen molar-refractivity contribution < 1.29 is 42.9 Å². The molecule has 82 heavy (non-hydrogen) atoms. The van der Waals surface area contributed by atoms with E-state index in [2.05, 4.69) is 98.9 Å². The maximum absolute atomic E-state index is 12.9. The predicted molar refractivity (Wildman–Crippen MR) is 348 cm³/mol. The molecule has 0 aromatic heterocycles. The highest BCUT2D eigenvalue weighted by atomic mass is 16.7. The number of unbranched alkanes of at least 4 members (excludes halogenated alkanes) is 34. The van der Waals surface area contributed by atoms with Crippen molar-refractivity contribution in [3.8, 4) is 0 Å². The van der Waals surface area contributed by atoms with Crippen LogP contribution in [-0.4, -0.2) is 82.3 Å². The van der Waals surface area contributed by atoms with Crippen LogP contribution >= 0.6 is 0 Å². The van der Waals surface area contributed by atoms with Crippen LogP contribution in [0.5, 0.6) is 0 Å². The van der Waals surface area contributed by atoms with Crippen molar-refractivity contribution in [2.24, 2.45) is 0 Å². The lowest BCUT2D eigenvalue weighted by Crippen LogP contribution is -2.44. The molecule has 0 N–H and O–H groups in total. The molecular weight excluding hydrogens is 1020 g/mol. The van der Waals surface area contributed by atoms with Gasteiger partial charge in [0.25, 0.3) is 0 Å². The van der Waals surface area contributed by atoms with E-state index in [1.807, 2.05) is 21.1 Å². The minimum atomic E-state index is -1.62. The van der Waals surface area contributed by atoms with Gasteiger partial charge in [-0.25, -0.2) is 0 Å². The fraction of sp³-hybridized carbons (Fsp3) is 0.767. The van der Waals surface area contributed by atoms with Gasteiger partial charge in [0.1, 0.15) is 13.2 Å². The molecule has 0 aliphatic heterocycles. The second-order valence-corrected chi connectivity index (χ2v) is 24.1. The van der Waals surface area contributed by atoms with Crippen LogP contribution in [0.2, 0.25) is 0 Å². The quantitative estimate of drug-likeness (QED) is 0.0195. The van der Waals surface area contributed by atoms with Gasteiger partial charge in [0, 0.05) is 12.8 Å². The first-order chi connectivity index (χ1) is 40.1. The Morgan fingerprint density at radius 3 is 1.04 bits per heavy atom. The maximum atomic E-state index is 12.9. The molecule has 474 valence electrons. The number of carboxylic acid groups (broad SMARTS) is 1. The van der Waals surface area contributed by atoms with Gasteiger partial charge in [0.2, 0.25) is 0 Å². The number of likely N-dealkylation sites (N-methyl/N-ethyl adjacent to an activating group) is 1. The average Bonchev–Trinajstić information content (AvgIpc) is 3.45. The number of aliphatic carboxylic acids is 1. The number of carbonyl (C=O) groups excluding carboxylic acids is 3. The summed E-state index contributed by atoms with van der Waals surface area (Å²) >= 11 is 0. The highest BCUT2D eigenvalue weighted by molar-refractivity contribution is 5.70. The number of hydrogen-bond donors (Lipinski definition) is 0. The van der Waals surface area contributed by atoms with Crippen molar-refractivity contribution in [2.75, 3.05) is 47.5 Å². The van der Waals surface area contributed by atoms with Gasteiger partial charge in [-0.05, 0) is 89.9 Å². The van der Waals surface area contributed by atoms with E-state index < -0.39 is 24.3 Å².